The number of ether oxygens (including phenoxy) is 1. The van der Waals surface area contributed by atoms with Crippen molar-refractivity contribution in [3.05, 3.63) is 0 Å². The number of hydrogen-bond acceptors (Lipinski definition) is 3. The highest BCUT2D eigenvalue weighted by Gasteiger charge is 2.48. The van der Waals surface area contributed by atoms with E-state index in [0.29, 0.717) is 24.0 Å². The molecule has 2 atom stereocenters. The Bertz CT molecular complexity index is 242. The maximum Gasteiger partial charge on any atom is 0.0474 e. The van der Waals surface area contributed by atoms with E-state index >= 15 is 0 Å². The van der Waals surface area contributed by atoms with Crippen molar-refractivity contribution < 1.29 is 9.84 Å². The van der Waals surface area contributed by atoms with Gasteiger partial charge in [-0.1, -0.05) is 6.42 Å². The second kappa shape index (κ2) is 4.28. The van der Waals surface area contributed by atoms with E-state index in [1.165, 1.54) is 45.2 Å². The third kappa shape index (κ3) is 1.79. The highest BCUT2D eigenvalue weighted by molar-refractivity contribution is 5.00. The number of nitrogens with zero attached hydrogens (tertiary/aromatic N) is 1. The molecule has 2 aliphatic heterocycles. The third-order valence-corrected chi connectivity index (χ3v) is 4.95. The van der Waals surface area contributed by atoms with Gasteiger partial charge in [-0.3, -0.25) is 4.90 Å². The summed E-state index contributed by atoms with van der Waals surface area (Å²) in [4.78, 5) is 2.62. The summed E-state index contributed by atoms with van der Waals surface area (Å²) in [6.45, 7) is 4.83. The third-order valence-electron chi connectivity index (χ3n) is 4.95. The number of aliphatic hydroxyl groups excluding tert-OH is 1. The van der Waals surface area contributed by atoms with Gasteiger partial charge < -0.3 is 9.84 Å². The van der Waals surface area contributed by atoms with Crippen LogP contribution in [0.25, 0.3) is 0 Å². The molecule has 3 heteroatoms. The van der Waals surface area contributed by atoms with Gasteiger partial charge in [-0.2, -0.15) is 0 Å². The van der Waals surface area contributed by atoms with Crippen molar-refractivity contribution in [3.8, 4) is 0 Å². The van der Waals surface area contributed by atoms with Gasteiger partial charge in [0.25, 0.3) is 0 Å². The summed E-state index contributed by atoms with van der Waals surface area (Å²) in [6, 6.07) is 0.679. The summed E-state index contributed by atoms with van der Waals surface area (Å²) in [6.07, 6.45) is 6.34. The molecule has 2 unspecified atom stereocenters. The van der Waals surface area contributed by atoms with E-state index in [9.17, 15) is 5.11 Å². The van der Waals surface area contributed by atoms with E-state index in [1.807, 2.05) is 0 Å². The summed E-state index contributed by atoms with van der Waals surface area (Å²) in [5, 5.41) is 9.36. The molecule has 0 amide bonds. The molecular formula is C13H23NO2. The molecule has 16 heavy (non-hydrogen) atoms. The van der Waals surface area contributed by atoms with Gasteiger partial charge >= 0.3 is 0 Å². The zero-order valence-electron chi connectivity index (χ0n) is 10.0. The quantitative estimate of drug-likeness (QED) is 0.768. The summed E-state index contributed by atoms with van der Waals surface area (Å²) >= 11 is 0. The van der Waals surface area contributed by atoms with Gasteiger partial charge in [0.05, 0.1) is 0 Å². The fourth-order valence-electron chi connectivity index (χ4n) is 3.88. The zero-order valence-corrected chi connectivity index (χ0v) is 10.0. The Labute approximate surface area is 97.8 Å². The molecule has 92 valence electrons. The van der Waals surface area contributed by atoms with Crippen molar-refractivity contribution in [2.24, 2.45) is 11.3 Å². The molecular weight excluding hydrogens is 202 g/mol. The summed E-state index contributed by atoms with van der Waals surface area (Å²) in [7, 11) is 0. The van der Waals surface area contributed by atoms with Crippen LogP contribution in [-0.4, -0.2) is 49.0 Å². The molecule has 1 saturated carbocycles. The SMILES string of the molecule is OCC1CCCC1N1CC2(CCOCC2)C1. The first-order valence-corrected chi connectivity index (χ1v) is 6.76. The fourth-order valence-corrected chi connectivity index (χ4v) is 3.88. The van der Waals surface area contributed by atoms with E-state index in [2.05, 4.69) is 4.90 Å². The van der Waals surface area contributed by atoms with Gasteiger partial charge in [-0.15, -0.1) is 0 Å². The Morgan fingerprint density at radius 3 is 2.62 bits per heavy atom. The first-order valence-electron chi connectivity index (χ1n) is 6.76. The second-order valence-electron chi connectivity index (χ2n) is 5.96. The first-order chi connectivity index (χ1) is 7.83. The van der Waals surface area contributed by atoms with Gasteiger partial charge in [0, 0.05) is 44.4 Å². The Morgan fingerprint density at radius 1 is 1.19 bits per heavy atom. The Morgan fingerprint density at radius 2 is 1.94 bits per heavy atom. The van der Waals surface area contributed by atoms with Crippen LogP contribution in [0.3, 0.4) is 0 Å². The van der Waals surface area contributed by atoms with Crippen LogP contribution in [0.5, 0.6) is 0 Å². The molecule has 3 nitrogen and oxygen atoms in total. The first kappa shape index (κ1) is 11.0. The number of rotatable bonds is 2. The molecule has 0 aromatic carbocycles. The molecule has 1 aliphatic carbocycles. The lowest BCUT2D eigenvalue weighted by Gasteiger charge is -2.55. The van der Waals surface area contributed by atoms with Crippen LogP contribution >= 0.6 is 0 Å². The smallest absolute Gasteiger partial charge is 0.0474 e. The van der Waals surface area contributed by atoms with Crippen LogP contribution in [0.2, 0.25) is 0 Å². The average molecular weight is 225 g/mol. The highest BCUT2D eigenvalue weighted by Crippen LogP contribution is 2.44. The van der Waals surface area contributed by atoms with Gasteiger partial charge in [0.2, 0.25) is 0 Å². The van der Waals surface area contributed by atoms with Crippen molar-refractivity contribution in [2.45, 2.75) is 38.1 Å². The molecule has 0 bridgehead atoms. The minimum absolute atomic E-state index is 0.386. The topological polar surface area (TPSA) is 32.7 Å². The predicted octanol–water partition coefficient (Wildman–Crippen LogP) is 1.26. The van der Waals surface area contributed by atoms with Gasteiger partial charge in [0.1, 0.15) is 0 Å². The van der Waals surface area contributed by atoms with E-state index in [0.717, 1.165) is 13.2 Å². The lowest BCUT2D eigenvalue weighted by atomic mass is 9.72. The Balaban J connectivity index is 1.55. The standard InChI is InChI=1S/C13H23NO2/c15-8-11-2-1-3-12(11)14-9-13(10-14)4-6-16-7-5-13/h11-12,15H,1-10H2. The molecule has 3 aliphatic rings. The van der Waals surface area contributed by atoms with E-state index in [-0.39, 0.29) is 0 Å². The minimum atomic E-state index is 0.386. The molecule has 2 saturated heterocycles. The molecule has 1 N–H and O–H groups in total. The fraction of sp³-hybridized carbons (Fsp3) is 1.00. The lowest BCUT2D eigenvalue weighted by Crippen LogP contribution is -2.62. The van der Waals surface area contributed by atoms with Crippen molar-refractivity contribution in [3.63, 3.8) is 0 Å². The van der Waals surface area contributed by atoms with Crippen molar-refractivity contribution in [2.75, 3.05) is 32.9 Å². The number of likely N-dealkylation sites (tertiary alicyclic amines) is 1. The molecule has 1 spiro atoms. The van der Waals surface area contributed by atoms with Gasteiger partial charge in [0.15, 0.2) is 0 Å². The summed E-state index contributed by atoms with van der Waals surface area (Å²) in [5.41, 5.74) is 0.584. The van der Waals surface area contributed by atoms with E-state index in [1.54, 1.807) is 0 Å². The monoisotopic (exact) mass is 225 g/mol. The number of hydrogen-bond donors (Lipinski definition) is 1. The van der Waals surface area contributed by atoms with E-state index < -0.39 is 0 Å². The molecule has 3 rings (SSSR count). The van der Waals surface area contributed by atoms with Gasteiger partial charge in [-0.05, 0) is 31.6 Å². The molecule has 2 heterocycles. The highest BCUT2D eigenvalue weighted by atomic mass is 16.5. The van der Waals surface area contributed by atoms with Crippen LogP contribution in [0.4, 0.5) is 0 Å². The number of aliphatic hydroxyl groups is 1. The molecule has 0 aromatic heterocycles. The largest absolute Gasteiger partial charge is 0.396 e. The van der Waals surface area contributed by atoms with Crippen LogP contribution < -0.4 is 0 Å². The summed E-state index contributed by atoms with van der Waals surface area (Å²) < 4.78 is 5.45. The van der Waals surface area contributed by atoms with Crippen molar-refractivity contribution in [1.29, 1.82) is 0 Å². The van der Waals surface area contributed by atoms with E-state index in [4.69, 9.17) is 4.74 Å². The predicted molar refractivity (Wildman–Crippen MR) is 62.3 cm³/mol. The molecule has 0 radical (unpaired) electrons. The molecule has 0 aromatic rings. The maximum atomic E-state index is 9.36. The van der Waals surface area contributed by atoms with Crippen LogP contribution in [0, 0.1) is 11.3 Å². The summed E-state index contributed by atoms with van der Waals surface area (Å²) in [5.74, 6) is 0.553. The van der Waals surface area contributed by atoms with Crippen LogP contribution in [0.15, 0.2) is 0 Å². The lowest BCUT2D eigenvalue weighted by molar-refractivity contribution is -0.105. The zero-order chi connectivity index (χ0) is 11.0. The van der Waals surface area contributed by atoms with Crippen molar-refractivity contribution >= 4 is 0 Å². The normalized spacial score (nSPS) is 38.8. The Hall–Kier alpha value is -0.120. The van der Waals surface area contributed by atoms with Crippen LogP contribution in [-0.2, 0) is 4.74 Å². The maximum absolute atomic E-state index is 9.36. The Kier molecular flexibility index (Phi) is 2.94. The molecule has 3 fully saturated rings. The van der Waals surface area contributed by atoms with Gasteiger partial charge in [-0.25, -0.2) is 0 Å². The van der Waals surface area contributed by atoms with Crippen molar-refractivity contribution in [1.82, 2.24) is 4.90 Å². The minimum Gasteiger partial charge on any atom is -0.396 e. The average Bonchev–Trinajstić information content (AvgIpc) is 2.74. The second-order valence-corrected chi connectivity index (χ2v) is 5.96. The van der Waals surface area contributed by atoms with Crippen LogP contribution in [0.1, 0.15) is 32.1 Å².